The molecule has 0 spiro atoms. The van der Waals surface area contributed by atoms with Crippen LogP contribution in [0.15, 0.2) is 36.4 Å². The molecule has 2 aromatic carbocycles. The number of para-hydroxylation sites is 1. The van der Waals surface area contributed by atoms with Crippen molar-refractivity contribution in [1.29, 1.82) is 0 Å². The molecule has 0 bridgehead atoms. The first-order valence-electron chi connectivity index (χ1n) is 8.39. The second kappa shape index (κ2) is 8.77. The molecule has 0 atom stereocenters. The molecule has 0 saturated heterocycles. The number of aryl methyl sites for hydroxylation is 1. The Labute approximate surface area is 154 Å². The molecule has 4 nitrogen and oxygen atoms in total. The highest BCUT2D eigenvalue weighted by Gasteiger charge is 2.12. The molecule has 1 amide bonds. The van der Waals surface area contributed by atoms with Crippen molar-refractivity contribution in [3.63, 3.8) is 0 Å². The zero-order valence-electron chi connectivity index (χ0n) is 15.2. The fourth-order valence-electron chi connectivity index (χ4n) is 2.67. The van der Waals surface area contributed by atoms with Crippen LogP contribution in [0, 0.1) is 6.92 Å². The standard InChI is InChI=1S/C20H25ClN2O2/c1-13(2)16-7-5-6-14(3)20(16)23-19(24)10-11-22-17-12-15(21)8-9-18(17)25-4/h5-9,12-13,22H,10-11H2,1-4H3,(H,23,24). The Morgan fingerprint density at radius 3 is 2.68 bits per heavy atom. The van der Waals surface area contributed by atoms with Crippen molar-refractivity contribution in [3.8, 4) is 5.75 Å². The van der Waals surface area contributed by atoms with Crippen molar-refractivity contribution in [1.82, 2.24) is 0 Å². The molecule has 0 heterocycles. The van der Waals surface area contributed by atoms with E-state index in [0.29, 0.717) is 29.7 Å². The summed E-state index contributed by atoms with van der Waals surface area (Å²) in [5, 5.41) is 6.87. The monoisotopic (exact) mass is 360 g/mol. The van der Waals surface area contributed by atoms with Crippen LogP contribution in [0.3, 0.4) is 0 Å². The van der Waals surface area contributed by atoms with Crippen LogP contribution >= 0.6 is 11.6 Å². The Morgan fingerprint density at radius 1 is 1.24 bits per heavy atom. The summed E-state index contributed by atoms with van der Waals surface area (Å²) in [6, 6.07) is 11.4. The predicted octanol–water partition coefficient (Wildman–Crippen LogP) is 5.22. The second-order valence-corrected chi connectivity index (χ2v) is 6.70. The minimum Gasteiger partial charge on any atom is -0.495 e. The molecule has 0 radical (unpaired) electrons. The van der Waals surface area contributed by atoms with Gasteiger partial charge < -0.3 is 15.4 Å². The minimum absolute atomic E-state index is 0.0234. The van der Waals surface area contributed by atoms with E-state index in [1.54, 1.807) is 25.3 Å². The summed E-state index contributed by atoms with van der Waals surface area (Å²) in [6.07, 6.45) is 0.349. The quantitative estimate of drug-likeness (QED) is 0.711. The fraction of sp³-hybridized carbons (Fsp3) is 0.350. The topological polar surface area (TPSA) is 50.4 Å². The number of halogens is 1. The number of amides is 1. The van der Waals surface area contributed by atoms with Crippen LogP contribution in [-0.4, -0.2) is 19.6 Å². The van der Waals surface area contributed by atoms with Crippen molar-refractivity contribution < 1.29 is 9.53 Å². The maximum atomic E-state index is 12.3. The van der Waals surface area contributed by atoms with Gasteiger partial charge >= 0.3 is 0 Å². The first-order valence-corrected chi connectivity index (χ1v) is 8.77. The summed E-state index contributed by atoms with van der Waals surface area (Å²) in [5.41, 5.74) is 3.92. The van der Waals surface area contributed by atoms with Crippen LogP contribution in [0.4, 0.5) is 11.4 Å². The molecule has 0 aliphatic carbocycles. The normalized spacial score (nSPS) is 10.6. The average molecular weight is 361 g/mol. The number of carbonyl (C=O) groups is 1. The van der Waals surface area contributed by atoms with Gasteiger partial charge in [0.15, 0.2) is 0 Å². The van der Waals surface area contributed by atoms with Crippen LogP contribution in [0.25, 0.3) is 0 Å². The highest BCUT2D eigenvalue weighted by molar-refractivity contribution is 6.30. The largest absolute Gasteiger partial charge is 0.495 e. The first kappa shape index (κ1) is 19.1. The lowest BCUT2D eigenvalue weighted by atomic mass is 9.98. The van der Waals surface area contributed by atoms with Crippen LogP contribution in [0.2, 0.25) is 5.02 Å². The summed E-state index contributed by atoms with van der Waals surface area (Å²) in [6.45, 7) is 6.75. The van der Waals surface area contributed by atoms with E-state index in [1.807, 2.05) is 19.1 Å². The smallest absolute Gasteiger partial charge is 0.226 e. The van der Waals surface area contributed by atoms with Gasteiger partial charge in [-0.2, -0.15) is 0 Å². The Kier molecular flexibility index (Phi) is 6.71. The molecule has 0 fully saturated rings. The van der Waals surface area contributed by atoms with E-state index < -0.39 is 0 Å². The third kappa shape index (κ3) is 5.13. The summed E-state index contributed by atoms with van der Waals surface area (Å²) in [7, 11) is 1.60. The lowest BCUT2D eigenvalue weighted by molar-refractivity contribution is -0.115. The van der Waals surface area contributed by atoms with Crippen molar-refractivity contribution in [3.05, 3.63) is 52.5 Å². The number of hydrogen-bond donors (Lipinski definition) is 2. The second-order valence-electron chi connectivity index (χ2n) is 6.26. The molecule has 0 saturated carbocycles. The molecular weight excluding hydrogens is 336 g/mol. The van der Waals surface area contributed by atoms with Crippen molar-refractivity contribution in [2.75, 3.05) is 24.3 Å². The third-order valence-electron chi connectivity index (χ3n) is 4.02. The van der Waals surface area contributed by atoms with Crippen LogP contribution in [0.5, 0.6) is 5.75 Å². The third-order valence-corrected chi connectivity index (χ3v) is 4.26. The number of benzene rings is 2. The molecule has 2 N–H and O–H groups in total. The summed E-state index contributed by atoms with van der Waals surface area (Å²) < 4.78 is 5.29. The van der Waals surface area contributed by atoms with Gasteiger partial charge in [-0.05, 0) is 42.2 Å². The Bertz CT molecular complexity index is 744. The van der Waals surface area contributed by atoms with Gasteiger partial charge in [0.2, 0.25) is 5.91 Å². The predicted molar refractivity (Wildman–Crippen MR) is 105 cm³/mol. The van der Waals surface area contributed by atoms with Crippen molar-refractivity contribution >= 4 is 28.9 Å². The molecular formula is C20H25ClN2O2. The fourth-order valence-corrected chi connectivity index (χ4v) is 2.85. The van der Waals surface area contributed by atoms with Gasteiger partial charge in [0.05, 0.1) is 12.8 Å². The Hall–Kier alpha value is -2.20. The lowest BCUT2D eigenvalue weighted by Gasteiger charge is -2.17. The molecule has 2 rings (SSSR count). The molecule has 5 heteroatoms. The zero-order valence-corrected chi connectivity index (χ0v) is 15.9. The number of carbonyl (C=O) groups excluding carboxylic acids is 1. The van der Waals surface area contributed by atoms with Gasteiger partial charge in [-0.3, -0.25) is 4.79 Å². The van der Waals surface area contributed by atoms with E-state index in [4.69, 9.17) is 16.3 Å². The average Bonchev–Trinajstić information content (AvgIpc) is 2.56. The van der Waals surface area contributed by atoms with E-state index in [-0.39, 0.29) is 5.91 Å². The number of anilines is 2. The number of ether oxygens (including phenoxy) is 1. The molecule has 134 valence electrons. The number of rotatable bonds is 7. The number of methoxy groups -OCH3 is 1. The molecule has 0 aliphatic heterocycles. The van der Waals surface area contributed by atoms with Gasteiger partial charge in [-0.25, -0.2) is 0 Å². The molecule has 0 unspecified atom stereocenters. The molecule has 2 aromatic rings. The molecule has 0 aromatic heterocycles. The molecule has 0 aliphatic rings. The summed E-state index contributed by atoms with van der Waals surface area (Å²) in [5.74, 6) is 1.03. The zero-order chi connectivity index (χ0) is 18.4. The maximum absolute atomic E-state index is 12.3. The SMILES string of the molecule is COc1ccc(Cl)cc1NCCC(=O)Nc1c(C)cccc1C(C)C. The van der Waals surface area contributed by atoms with Crippen LogP contribution < -0.4 is 15.4 Å². The van der Waals surface area contributed by atoms with Gasteiger partial charge in [-0.15, -0.1) is 0 Å². The van der Waals surface area contributed by atoms with E-state index in [9.17, 15) is 4.79 Å². The van der Waals surface area contributed by atoms with E-state index >= 15 is 0 Å². The highest BCUT2D eigenvalue weighted by atomic mass is 35.5. The summed E-state index contributed by atoms with van der Waals surface area (Å²) >= 11 is 6.01. The van der Waals surface area contributed by atoms with Gasteiger partial charge in [0.25, 0.3) is 0 Å². The van der Waals surface area contributed by atoms with Crippen LogP contribution in [0.1, 0.15) is 37.3 Å². The van der Waals surface area contributed by atoms with Gasteiger partial charge in [0, 0.05) is 23.7 Å². The molecule has 25 heavy (non-hydrogen) atoms. The van der Waals surface area contributed by atoms with Gasteiger partial charge in [0.1, 0.15) is 5.75 Å². The highest BCUT2D eigenvalue weighted by Crippen LogP contribution is 2.28. The minimum atomic E-state index is -0.0234. The number of nitrogens with one attached hydrogen (secondary N) is 2. The van der Waals surface area contributed by atoms with E-state index in [0.717, 1.165) is 22.5 Å². The number of hydrogen-bond acceptors (Lipinski definition) is 3. The first-order chi connectivity index (χ1) is 11.9. The summed E-state index contributed by atoms with van der Waals surface area (Å²) in [4.78, 5) is 12.3. The Balaban J connectivity index is 1.97. The van der Waals surface area contributed by atoms with E-state index in [2.05, 4.69) is 30.5 Å². The van der Waals surface area contributed by atoms with Crippen molar-refractivity contribution in [2.45, 2.75) is 33.1 Å². The lowest BCUT2D eigenvalue weighted by Crippen LogP contribution is -2.18. The van der Waals surface area contributed by atoms with Gasteiger partial charge in [-0.1, -0.05) is 43.6 Å². The van der Waals surface area contributed by atoms with E-state index in [1.165, 1.54) is 0 Å². The van der Waals surface area contributed by atoms with Crippen molar-refractivity contribution in [2.24, 2.45) is 0 Å². The maximum Gasteiger partial charge on any atom is 0.226 e. The van der Waals surface area contributed by atoms with Crippen LogP contribution in [-0.2, 0) is 4.79 Å². The Morgan fingerprint density at radius 2 is 2.00 bits per heavy atom.